The molecular weight excluding hydrogens is 399 g/mol. The lowest BCUT2D eigenvalue weighted by atomic mass is 10.0. The SMILES string of the molecule is CCOc1nc2c(c(C)nn2-c2cccc(F)c2)c(C)c1CCC(=O)N1CCOCC1. The van der Waals surface area contributed by atoms with Gasteiger partial charge in [-0.3, -0.25) is 4.79 Å². The monoisotopic (exact) mass is 426 g/mol. The molecule has 0 radical (unpaired) electrons. The van der Waals surface area contributed by atoms with Gasteiger partial charge in [0.2, 0.25) is 11.8 Å². The predicted molar refractivity (Wildman–Crippen MR) is 115 cm³/mol. The van der Waals surface area contributed by atoms with Gasteiger partial charge in [-0.1, -0.05) is 6.07 Å². The molecule has 0 atom stereocenters. The molecule has 2 aromatic heterocycles. The Balaban J connectivity index is 1.72. The number of amides is 1. The lowest BCUT2D eigenvalue weighted by molar-refractivity contribution is -0.135. The van der Waals surface area contributed by atoms with Crippen molar-refractivity contribution in [2.24, 2.45) is 0 Å². The van der Waals surface area contributed by atoms with Gasteiger partial charge in [-0.15, -0.1) is 0 Å². The van der Waals surface area contributed by atoms with E-state index < -0.39 is 0 Å². The lowest BCUT2D eigenvalue weighted by Crippen LogP contribution is -2.40. The third-order valence-electron chi connectivity index (χ3n) is 5.62. The second-order valence-corrected chi connectivity index (χ2v) is 7.62. The third-order valence-corrected chi connectivity index (χ3v) is 5.62. The molecule has 3 aromatic rings. The summed E-state index contributed by atoms with van der Waals surface area (Å²) in [7, 11) is 0. The van der Waals surface area contributed by atoms with Gasteiger partial charge in [0.05, 0.1) is 31.2 Å². The van der Waals surface area contributed by atoms with E-state index in [9.17, 15) is 9.18 Å². The van der Waals surface area contributed by atoms with Gasteiger partial charge >= 0.3 is 0 Å². The lowest BCUT2D eigenvalue weighted by Gasteiger charge is -2.27. The highest BCUT2D eigenvalue weighted by Gasteiger charge is 2.22. The Labute approximate surface area is 180 Å². The Hall–Kier alpha value is -3.00. The normalized spacial score (nSPS) is 14.3. The van der Waals surface area contributed by atoms with E-state index >= 15 is 0 Å². The highest BCUT2D eigenvalue weighted by molar-refractivity contribution is 5.86. The Morgan fingerprint density at radius 2 is 2.03 bits per heavy atom. The zero-order chi connectivity index (χ0) is 22.0. The van der Waals surface area contributed by atoms with Gasteiger partial charge in [0.25, 0.3) is 0 Å². The summed E-state index contributed by atoms with van der Waals surface area (Å²) in [5, 5.41) is 5.52. The molecule has 1 saturated heterocycles. The van der Waals surface area contributed by atoms with Crippen molar-refractivity contribution >= 4 is 16.9 Å². The van der Waals surface area contributed by atoms with Crippen molar-refractivity contribution in [3.8, 4) is 11.6 Å². The first-order valence-electron chi connectivity index (χ1n) is 10.6. The van der Waals surface area contributed by atoms with Crippen molar-refractivity contribution in [2.45, 2.75) is 33.6 Å². The molecule has 4 rings (SSSR count). The van der Waals surface area contributed by atoms with Crippen LogP contribution in [0.4, 0.5) is 4.39 Å². The van der Waals surface area contributed by atoms with E-state index in [2.05, 4.69) is 5.10 Å². The van der Waals surface area contributed by atoms with Gasteiger partial charge < -0.3 is 14.4 Å². The van der Waals surface area contributed by atoms with E-state index in [1.165, 1.54) is 12.1 Å². The average molecular weight is 426 g/mol. The highest BCUT2D eigenvalue weighted by Crippen LogP contribution is 2.32. The van der Waals surface area contributed by atoms with Crippen molar-refractivity contribution in [2.75, 3.05) is 32.9 Å². The first-order chi connectivity index (χ1) is 15.0. The van der Waals surface area contributed by atoms with E-state index in [1.807, 2.05) is 25.7 Å². The number of hydrogen-bond donors (Lipinski definition) is 0. The molecule has 0 unspecified atom stereocenters. The first-order valence-corrected chi connectivity index (χ1v) is 10.6. The van der Waals surface area contributed by atoms with Crippen molar-refractivity contribution in [3.63, 3.8) is 0 Å². The maximum atomic E-state index is 13.8. The predicted octanol–water partition coefficient (Wildman–Crippen LogP) is 3.37. The molecule has 1 amide bonds. The zero-order valence-corrected chi connectivity index (χ0v) is 18.2. The fourth-order valence-corrected chi connectivity index (χ4v) is 4.07. The molecule has 8 heteroatoms. The van der Waals surface area contributed by atoms with Crippen molar-refractivity contribution in [1.29, 1.82) is 0 Å². The minimum absolute atomic E-state index is 0.109. The number of morpholine rings is 1. The van der Waals surface area contributed by atoms with Crippen LogP contribution >= 0.6 is 0 Å². The number of aryl methyl sites for hydroxylation is 2. The summed E-state index contributed by atoms with van der Waals surface area (Å²) in [6, 6.07) is 6.27. The number of carbonyl (C=O) groups excluding carboxylic acids is 1. The second kappa shape index (κ2) is 9.01. The topological polar surface area (TPSA) is 69.5 Å². The molecule has 1 fully saturated rings. The molecule has 31 heavy (non-hydrogen) atoms. The summed E-state index contributed by atoms with van der Waals surface area (Å²) in [4.78, 5) is 19.3. The van der Waals surface area contributed by atoms with Crippen LogP contribution in [0.1, 0.15) is 30.2 Å². The van der Waals surface area contributed by atoms with Gasteiger partial charge in [-0.05, 0) is 51.0 Å². The summed E-state index contributed by atoms with van der Waals surface area (Å²) in [5.41, 5.74) is 3.92. The van der Waals surface area contributed by atoms with Crippen LogP contribution in [0.2, 0.25) is 0 Å². The number of aromatic nitrogens is 3. The minimum atomic E-state index is -0.334. The Morgan fingerprint density at radius 3 is 2.74 bits per heavy atom. The van der Waals surface area contributed by atoms with Gasteiger partial charge in [0, 0.05) is 30.5 Å². The molecule has 7 nitrogen and oxygen atoms in total. The van der Waals surface area contributed by atoms with Gasteiger partial charge in [0.1, 0.15) is 5.82 Å². The summed E-state index contributed by atoms with van der Waals surface area (Å²) in [6.45, 7) is 8.71. The number of benzene rings is 1. The standard InChI is InChI=1S/C23H27FN4O3/c1-4-31-23-19(8-9-20(29)27-10-12-30-13-11-27)15(2)21-16(3)26-28(22(21)25-23)18-7-5-6-17(24)14-18/h5-7,14H,4,8-13H2,1-3H3. The summed E-state index contributed by atoms with van der Waals surface area (Å²) >= 11 is 0. The van der Waals surface area contributed by atoms with Crippen LogP contribution in [0.5, 0.6) is 5.88 Å². The molecule has 1 aromatic carbocycles. The molecular formula is C23H27FN4O3. The van der Waals surface area contributed by atoms with Crippen LogP contribution < -0.4 is 4.74 Å². The van der Waals surface area contributed by atoms with Crippen LogP contribution in [0.3, 0.4) is 0 Å². The van der Waals surface area contributed by atoms with Crippen molar-refractivity contribution < 1.29 is 18.7 Å². The Morgan fingerprint density at radius 1 is 1.26 bits per heavy atom. The molecule has 0 aliphatic carbocycles. The van der Waals surface area contributed by atoms with E-state index in [0.717, 1.165) is 22.2 Å². The fraction of sp³-hybridized carbons (Fsp3) is 0.435. The molecule has 1 aliphatic heterocycles. The molecule has 3 heterocycles. The maximum Gasteiger partial charge on any atom is 0.223 e. The van der Waals surface area contributed by atoms with E-state index in [-0.39, 0.29) is 11.7 Å². The molecule has 1 aliphatic rings. The van der Waals surface area contributed by atoms with E-state index in [1.54, 1.807) is 16.8 Å². The number of nitrogens with zero attached hydrogens (tertiary/aromatic N) is 4. The van der Waals surface area contributed by atoms with Crippen molar-refractivity contribution in [1.82, 2.24) is 19.7 Å². The molecule has 0 saturated carbocycles. The number of ether oxygens (including phenoxy) is 2. The quantitative estimate of drug-likeness (QED) is 0.605. The number of rotatable bonds is 6. The molecule has 0 spiro atoms. The number of fused-ring (bicyclic) bond motifs is 1. The number of halogens is 1. The Bertz CT molecular complexity index is 1110. The smallest absolute Gasteiger partial charge is 0.223 e. The summed E-state index contributed by atoms with van der Waals surface area (Å²) in [6.07, 6.45) is 0.913. The van der Waals surface area contributed by atoms with Crippen LogP contribution in [-0.2, 0) is 16.0 Å². The van der Waals surface area contributed by atoms with Crippen molar-refractivity contribution in [3.05, 3.63) is 46.9 Å². The number of carbonyl (C=O) groups is 1. The molecule has 0 bridgehead atoms. The largest absolute Gasteiger partial charge is 0.478 e. The number of hydrogen-bond acceptors (Lipinski definition) is 5. The molecule has 164 valence electrons. The number of pyridine rings is 1. The second-order valence-electron chi connectivity index (χ2n) is 7.62. The third kappa shape index (κ3) is 4.25. The maximum absolute atomic E-state index is 13.8. The van der Waals surface area contributed by atoms with Crippen LogP contribution in [0.25, 0.3) is 16.7 Å². The van der Waals surface area contributed by atoms with Crippen LogP contribution in [0, 0.1) is 19.7 Å². The van der Waals surface area contributed by atoms with Gasteiger partial charge in [-0.25, -0.2) is 9.07 Å². The Kier molecular flexibility index (Phi) is 6.18. The van der Waals surface area contributed by atoms with Gasteiger partial charge in [0.15, 0.2) is 5.65 Å². The highest BCUT2D eigenvalue weighted by atomic mass is 19.1. The average Bonchev–Trinajstić information content (AvgIpc) is 3.10. The summed E-state index contributed by atoms with van der Waals surface area (Å²) < 4.78 is 26.6. The zero-order valence-electron chi connectivity index (χ0n) is 18.2. The van der Waals surface area contributed by atoms with Gasteiger partial charge in [-0.2, -0.15) is 10.1 Å². The van der Waals surface area contributed by atoms with E-state index in [0.29, 0.717) is 63.0 Å². The first kappa shape index (κ1) is 21.2. The van der Waals surface area contributed by atoms with Crippen LogP contribution in [-0.4, -0.2) is 58.5 Å². The summed E-state index contributed by atoms with van der Waals surface area (Å²) in [5.74, 6) is 0.274. The molecule has 0 N–H and O–H groups in total. The minimum Gasteiger partial charge on any atom is -0.478 e. The van der Waals surface area contributed by atoms with Crippen LogP contribution in [0.15, 0.2) is 24.3 Å². The fourth-order valence-electron chi connectivity index (χ4n) is 4.07. The van der Waals surface area contributed by atoms with E-state index in [4.69, 9.17) is 14.5 Å².